The number of nitrogens with zero attached hydrogens (tertiary/aromatic N) is 4. The summed E-state index contributed by atoms with van der Waals surface area (Å²) in [6, 6.07) is 6.56. The minimum Gasteiger partial charge on any atom is -0.733 e. The molecule has 0 spiro atoms. The largest absolute Gasteiger partial charge is 0.733 e. The van der Waals surface area contributed by atoms with E-state index in [-0.39, 0.29) is 42.3 Å². The summed E-state index contributed by atoms with van der Waals surface area (Å²) in [5.74, 6) is 0.699. The Morgan fingerprint density at radius 2 is 1.89 bits per heavy atom. The Labute approximate surface area is 207 Å². The highest BCUT2D eigenvalue weighted by atomic mass is 16.8. The molecule has 190 valence electrons. The molecule has 3 aliphatic rings. The fourth-order valence-electron chi connectivity index (χ4n) is 5.43. The summed E-state index contributed by atoms with van der Waals surface area (Å²) in [4.78, 5) is 42.0. The molecule has 36 heavy (non-hydrogen) atoms. The molecule has 3 aliphatic heterocycles. The van der Waals surface area contributed by atoms with E-state index in [4.69, 9.17) is 9.47 Å². The lowest BCUT2D eigenvalue weighted by Gasteiger charge is -2.43. The van der Waals surface area contributed by atoms with Gasteiger partial charge in [0.1, 0.15) is 12.2 Å². The van der Waals surface area contributed by atoms with Crippen LogP contribution in [0.15, 0.2) is 35.3 Å². The zero-order chi connectivity index (χ0) is 25.6. The van der Waals surface area contributed by atoms with Crippen LogP contribution in [0.2, 0.25) is 0 Å². The number of carbonyl (C=O) groups is 2. The van der Waals surface area contributed by atoms with Crippen molar-refractivity contribution in [2.24, 2.45) is 5.92 Å². The Bertz CT molecular complexity index is 1300. The maximum absolute atomic E-state index is 13.3. The van der Waals surface area contributed by atoms with E-state index in [0.717, 1.165) is 23.2 Å². The molecule has 1 aromatic carbocycles. The number of piperidine rings is 1. The molecule has 2 unspecified atom stereocenters. The molecule has 0 aliphatic carbocycles. The summed E-state index contributed by atoms with van der Waals surface area (Å²) < 4.78 is 12.2. The standard InChI is InChI=1S/C25H27N4O7/c1-35-21-8-16-5-6-26(23(30)10-17(16)9-22(21)36-2)14-24(31)27-11-15-7-18(13-27)19-3-4-20(29(33)34)25(32)28(19)12-15/h3-6,8-9,15,18,33H,7,10-14H2,1-2H3/q-1. The fraction of sp³-hybridized carbons (Fsp3) is 0.400. The van der Waals surface area contributed by atoms with Crippen LogP contribution in [-0.2, 0) is 22.6 Å². The van der Waals surface area contributed by atoms with Crippen molar-refractivity contribution < 1.29 is 24.3 Å². The predicted molar refractivity (Wildman–Crippen MR) is 130 cm³/mol. The molecule has 2 amide bonds. The number of aromatic nitrogens is 1. The molecule has 11 nitrogen and oxygen atoms in total. The highest BCUT2D eigenvalue weighted by Crippen LogP contribution is 2.36. The van der Waals surface area contributed by atoms with Crippen molar-refractivity contribution in [3.63, 3.8) is 0 Å². The van der Waals surface area contributed by atoms with Gasteiger partial charge in [-0.1, -0.05) is 0 Å². The second kappa shape index (κ2) is 9.32. The molecule has 11 heteroatoms. The van der Waals surface area contributed by atoms with Crippen molar-refractivity contribution in [1.29, 1.82) is 0 Å². The molecular weight excluding hydrogens is 468 g/mol. The maximum atomic E-state index is 13.3. The quantitative estimate of drug-likeness (QED) is 0.619. The first-order valence-corrected chi connectivity index (χ1v) is 11.7. The first-order valence-electron chi connectivity index (χ1n) is 11.7. The molecule has 2 atom stereocenters. The molecule has 2 bridgehead atoms. The average Bonchev–Trinajstić information content (AvgIpc) is 3.01. The summed E-state index contributed by atoms with van der Waals surface area (Å²) in [5, 5.41) is 20.1. The lowest BCUT2D eigenvalue weighted by atomic mass is 9.83. The van der Waals surface area contributed by atoms with Gasteiger partial charge in [0.25, 0.3) is 5.56 Å². The van der Waals surface area contributed by atoms with Crippen LogP contribution in [0.4, 0.5) is 5.69 Å². The minimum absolute atomic E-state index is 0.0338. The number of methoxy groups -OCH3 is 2. The van der Waals surface area contributed by atoms with Crippen LogP contribution < -0.4 is 20.3 Å². The lowest BCUT2D eigenvalue weighted by Crippen LogP contribution is -2.51. The van der Waals surface area contributed by atoms with E-state index in [0.29, 0.717) is 31.1 Å². The fourth-order valence-corrected chi connectivity index (χ4v) is 5.43. The molecular formula is C25H27N4O7-. The molecule has 0 saturated carbocycles. The van der Waals surface area contributed by atoms with Crippen molar-refractivity contribution >= 4 is 23.6 Å². The number of rotatable bonds is 5. The number of carbonyl (C=O) groups excluding carboxylic acids is 2. The van der Waals surface area contributed by atoms with Crippen LogP contribution in [-0.4, -0.2) is 65.2 Å². The normalized spacial score (nSPS) is 20.4. The van der Waals surface area contributed by atoms with E-state index < -0.39 is 10.8 Å². The molecule has 1 saturated heterocycles. The van der Waals surface area contributed by atoms with Crippen LogP contribution >= 0.6 is 0 Å². The molecule has 1 aromatic heterocycles. The second-order valence-electron chi connectivity index (χ2n) is 9.35. The van der Waals surface area contributed by atoms with Crippen LogP contribution in [0.1, 0.15) is 29.2 Å². The second-order valence-corrected chi connectivity index (χ2v) is 9.35. The van der Waals surface area contributed by atoms with Crippen molar-refractivity contribution in [2.45, 2.75) is 25.3 Å². The third-order valence-electron chi connectivity index (χ3n) is 7.19. The highest BCUT2D eigenvalue weighted by molar-refractivity contribution is 5.89. The third kappa shape index (κ3) is 4.20. The van der Waals surface area contributed by atoms with Gasteiger partial charge in [-0.05, 0) is 53.8 Å². The average molecular weight is 496 g/mol. The minimum atomic E-state index is -0.535. The van der Waals surface area contributed by atoms with Gasteiger partial charge in [-0.15, -0.1) is 0 Å². The Morgan fingerprint density at radius 3 is 2.61 bits per heavy atom. The SMILES string of the molecule is COc1cc2c(cc1OC)CC(=O)N(CC(=O)N1CC3CC(C1)c1ccc(N([O-])O)c(=O)n1C3)C=C2. The van der Waals surface area contributed by atoms with Gasteiger partial charge in [0.05, 0.1) is 20.6 Å². The molecule has 2 aromatic rings. The topological polar surface area (TPSA) is 128 Å². The molecule has 4 heterocycles. The van der Waals surface area contributed by atoms with E-state index in [2.05, 4.69) is 0 Å². The Morgan fingerprint density at radius 1 is 1.14 bits per heavy atom. The highest BCUT2D eigenvalue weighted by Gasteiger charge is 2.37. The summed E-state index contributed by atoms with van der Waals surface area (Å²) in [6.07, 6.45) is 4.37. The summed E-state index contributed by atoms with van der Waals surface area (Å²) >= 11 is 0. The molecule has 5 rings (SSSR count). The van der Waals surface area contributed by atoms with E-state index in [9.17, 15) is 24.8 Å². The Balaban J connectivity index is 1.31. The zero-order valence-corrected chi connectivity index (χ0v) is 20.0. The van der Waals surface area contributed by atoms with Crippen LogP contribution in [0.25, 0.3) is 6.08 Å². The van der Waals surface area contributed by atoms with Gasteiger partial charge in [-0.3, -0.25) is 19.6 Å². The number of benzene rings is 1. The summed E-state index contributed by atoms with van der Waals surface area (Å²) in [5.41, 5.74) is 1.49. The first-order chi connectivity index (χ1) is 17.3. The molecule has 1 fully saturated rings. The molecule has 0 radical (unpaired) electrons. The smallest absolute Gasteiger partial charge is 0.275 e. The van der Waals surface area contributed by atoms with Crippen LogP contribution in [0, 0.1) is 11.1 Å². The molecule has 1 N–H and O–H groups in total. The van der Waals surface area contributed by atoms with Gasteiger partial charge >= 0.3 is 0 Å². The van der Waals surface area contributed by atoms with Crippen molar-refractivity contribution in [1.82, 2.24) is 14.4 Å². The van der Waals surface area contributed by atoms with E-state index in [1.807, 2.05) is 6.07 Å². The van der Waals surface area contributed by atoms with E-state index in [1.165, 1.54) is 22.6 Å². The monoisotopic (exact) mass is 495 g/mol. The van der Waals surface area contributed by atoms with Gasteiger partial charge in [0.15, 0.2) is 11.5 Å². The number of hydrogen-bond acceptors (Lipinski definition) is 8. The van der Waals surface area contributed by atoms with Crippen LogP contribution in [0.5, 0.6) is 11.5 Å². The van der Waals surface area contributed by atoms with E-state index in [1.54, 1.807) is 36.4 Å². The number of ether oxygens (including phenoxy) is 2. The lowest BCUT2D eigenvalue weighted by molar-refractivity contribution is -0.139. The van der Waals surface area contributed by atoms with Crippen molar-refractivity contribution in [3.8, 4) is 11.5 Å². The van der Waals surface area contributed by atoms with E-state index >= 15 is 0 Å². The van der Waals surface area contributed by atoms with Gasteiger partial charge in [0, 0.05) is 37.4 Å². The number of hydrogen-bond donors (Lipinski definition) is 1. The number of likely N-dealkylation sites (tertiary alicyclic amines) is 1. The van der Waals surface area contributed by atoms with Gasteiger partial charge in [-0.2, -0.15) is 0 Å². The van der Waals surface area contributed by atoms with Gasteiger partial charge in [0.2, 0.25) is 11.8 Å². The zero-order valence-electron chi connectivity index (χ0n) is 20.0. The first kappa shape index (κ1) is 23.9. The number of fused-ring (bicyclic) bond motifs is 5. The Hall–Kier alpha value is -3.83. The summed E-state index contributed by atoms with van der Waals surface area (Å²) in [7, 11) is 3.09. The van der Waals surface area contributed by atoms with Gasteiger partial charge < -0.3 is 34.3 Å². The number of amides is 2. The third-order valence-corrected chi connectivity index (χ3v) is 7.19. The summed E-state index contributed by atoms with van der Waals surface area (Å²) in [6.45, 7) is 1.14. The number of anilines is 1. The Kier molecular flexibility index (Phi) is 6.19. The van der Waals surface area contributed by atoms with Crippen LogP contribution in [0.3, 0.4) is 0 Å². The maximum Gasteiger partial charge on any atom is 0.275 e. The predicted octanol–water partition coefficient (Wildman–Crippen LogP) is 1.56. The van der Waals surface area contributed by atoms with Crippen molar-refractivity contribution in [2.75, 3.05) is 39.1 Å². The number of pyridine rings is 1. The van der Waals surface area contributed by atoms with Crippen molar-refractivity contribution in [3.05, 3.63) is 62.8 Å². The van der Waals surface area contributed by atoms with Gasteiger partial charge in [-0.25, -0.2) is 0 Å².